The second-order valence-electron chi connectivity index (χ2n) is 3.85. The number of benzene rings is 1. The quantitative estimate of drug-likeness (QED) is 0.848. The first kappa shape index (κ1) is 12.1. The van der Waals surface area contributed by atoms with Gasteiger partial charge in [0.1, 0.15) is 0 Å². The van der Waals surface area contributed by atoms with Gasteiger partial charge in [-0.25, -0.2) is 0 Å². The standard InChI is InChI=1S/C11H13F2NO3/c12-11(13)16-9-4-3-7(6-10(9)17-11)8(14)2-1-5-15/h3-4,6,8,15H,1-2,5,14H2/t8-/m0/s1. The number of fused-ring (bicyclic) bond motifs is 1. The molecule has 6 heteroatoms. The van der Waals surface area contributed by atoms with Crippen molar-refractivity contribution in [2.24, 2.45) is 5.73 Å². The van der Waals surface area contributed by atoms with Gasteiger partial charge >= 0.3 is 6.29 Å². The highest BCUT2D eigenvalue weighted by Gasteiger charge is 2.43. The first-order valence-electron chi connectivity index (χ1n) is 5.28. The molecular weight excluding hydrogens is 232 g/mol. The summed E-state index contributed by atoms with van der Waals surface area (Å²) < 4.78 is 34.1. The smallest absolute Gasteiger partial charge is 0.396 e. The van der Waals surface area contributed by atoms with Crippen molar-refractivity contribution < 1.29 is 23.4 Å². The van der Waals surface area contributed by atoms with Crippen LogP contribution in [0.4, 0.5) is 8.78 Å². The van der Waals surface area contributed by atoms with Gasteiger partial charge in [0.05, 0.1) is 0 Å². The molecule has 0 aromatic heterocycles. The lowest BCUT2D eigenvalue weighted by Crippen LogP contribution is -2.25. The predicted molar refractivity (Wildman–Crippen MR) is 55.9 cm³/mol. The van der Waals surface area contributed by atoms with E-state index in [4.69, 9.17) is 10.8 Å². The molecule has 1 heterocycles. The molecule has 0 saturated heterocycles. The Balaban J connectivity index is 2.13. The monoisotopic (exact) mass is 245 g/mol. The third-order valence-corrected chi connectivity index (χ3v) is 2.53. The number of ether oxygens (including phenoxy) is 2. The Morgan fingerprint density at radius 3 is 2.71 bits per heavy atom. The minimum absolute atomic E-state index is 0.00746. The molecule has 0 bridgehead atoms. The number of halogens is 2. The summed E-state index contributed by atoms with van der Waals surface area (Å²) in [6.07, 6.45) is -2.46. The number of rotatable bonds is 4. The summed E-state index contributed by atoms with van der Waals surface area (Å²) in [5, 5.41) is 8.69. The van der Waals surface area contributed by atoms with Crippen LogP contribution in [-0.2, 0) is 0 Å². The number of hydrogen-bond donors (Lipinski definition) is 2. The molecule has 0 fully saturated rings. The van der Waals surface area contributed by atoms with Crippen molar-refractivity contribution in [2.45, 2.75) is 25.2 Å². The van der Waals surface area contributed by atoms with Crippen molar-refractivity contribution in [1.29, 1.82) is 0 Å². The number of nitrogens with two attached hydrogens (primary N) is 1. The van der Waals surface area contributed by atoms with E-state index in [1.165, 1.54) is 12.1 Å². The third kappa shape index (κ3) is 2.65. The molecular formula is C11H13F2NO3. The zero-order valence-corrected chi connectivity index (χ0v) is 9.03. The number of alkyl halides is 2. The van der Waals surface area contributed by atoms with Crippen LogP contribution >= 0.6 is 0 Å². The summed E-state index contributed by atoms with van der Waals surface area (Å²) >= 11 is 0. The van der Waals surface area contributed by atoms with Crippen LogP contribution in [0.5, 0.6) is 11.5 Å². The fourth-order valence-electron chi connectivity index (χ4n) is 1.67. The Bertz CT molecular complexity index is 412. The topological polar surface area (TPSA) is 64.7 Å². The molecule has 0 spiro atoms. The van der Waals surface area contributed by atoms with Gasteiger partial charge < -0.3 is 20.3 Å². The molecule has 0 aliphatic carbocycles. The van der Waals surface area contributed by atoms with Crippen molar-refractivity contribution >= 4 is 0 Å². The van der Waals surface area contributed by atoms with Crippen molar-refractivity contribution in [2.75, 3.05) is 6.61 Å². The molecule has 94 valence electrons. The molecule has 1 aliphatic heterocycles. The van der Waals surface area contributed by atoms with E-state index in [0.29, 0.717) is 18.4 Å². The Morgan fingerprint density at radius 2 is 2.00 bits per heavy atom. The van der Waals surface area contributed by atoms with Gasteiger partial charge in [-0.15, -0.1) is 8.78 Å². The Hall–Kier alpha value is -1.40. The summed E-state index contributed by atoms with van der Waals surface area (Å²) in [5.41, 5.74) is 6.53. The maximum Gasteiger partial charge on any atom is 0.586 e. The fourth-order valence-corrected chi connectivity index (χ4v) is 1.67. The number of aliphatic hydroxyl groups excluding tert-OH is 1. The van der Waals surface area contributed by atoms with E-state index >= 15 is 0 Å². The van der Waals surface area contributed by atoms with E-state index in [-0.39, 0.29) is 24.1 Å². The lowest BCUT2D eigenvalue weighted by Gasteiger charge is -2.11. The largest absolute Gasteiger partial charge is 0.586 e. The Labute approximate surface area is 96.9 Å². The molecule has 0 saturated carbocycles. The maximum absolute atomic E-state index is 12.8. The summed E-state index contributed by atoms with van der Waals surface area (Å²) in [6.45, 7) is 0.0519. The average Bonchev–Trinajstić information content (AvgIpc) is 2.58. The van der Waals surface area contributed by atoms with Crippen LogP contribution in [0.25, 0.3) is 0 Å². The normalized spacial score (nSPS) is 18.1. The van der Waals surface area contributed by atoms with Gasteiger partial charge in [-0.3, -0.25) is 0 Å². The van der Waals surface area contributed by atoms with Crippen LogP contribution in [0.1, 0.15) is 24.4 Å². The Kier molecular flexibility index (Phi) is 3.17. The van der Waals surface area contributed by atoms with E-state index in [9.17, 15) is 8.78 Å². The Morgan fingerprint density at radius 1 is 1.29 bits per heavy atom. The molecule has 4 nitrogen and oxygen atoms in total. The van der Waals surface area contributed by atoms with Crippen LogP contribution in [0.15, 0.2) is 18.2 Å². The van der Waals surface area contributed by atoms with E-state index in [1.807, 2.05) is 0 Å². The molecule has 3 N–H and O–H groups in total. The zero-order chi connectivity index (χ0) is 12.5. The van der Waals surface area contributed by atoms with Crippen molar-refractivity contribution in [3.63, 3.8) is 0 Å². The second kappa shape index (κ2) is 4.46. The van der Waals surface area contributed by atoms with Crippen molar-refractivity contribution in [1.82, 2.24) is 0 Å². The molecule has 2 rings (SSSR count). The van der Waals surface area contributed by atoms with Gasteiger partial charge in [0.15, 0.2) is 11.5 Å². The van der Waals surface area contributed by atoms with E-state index in [2.05, 4.69) is 9.47 Å². The molecule has 1 aromatic rings. The molecule has 0 radical (unpaired) electrons. The lowest BCUT2D eigenvalue weighted by molar-refractivity contribution is -0.286. The second-order valence-corrected chi connectivity index (χ2v) is 3.85. The van der Waals surface area contributed by atoms with E-state index < -0.39 is 6.29 Å². The number of hydrogen-bond acceptors (Lipinski definition) is 4. The SMILES string of the molecule is N[C@@H](CCCO)c1ccc2c(c1)OC(F)(F)O2. The molecule has 1 atom stereocenters. The first-order chi connectivity index (χ1) is 8.02. The number of aliphatic hydroxyl groups is 1. The van der Waals surface area contributed by atoms with Crippen LogP contribution in [0.2, 0.25) is 0 Å². The molecule has 0 unspecified atom stereocenters. The molecule has 1 aliphatic rings. The molecule has 0 amide bonds. The third-order valence-electron chi connectivity index (χ3n) is 2.53. The van der Waals surface area contributed by atoms with E-state index in [0.717, 1.165) is 0 Å². The molecule has 1 aromatic carbocycles. The van der Waals surface area contributed by atoms with Gasteiger partial charge in [-0.1, -0.05) is 6.07 Å². The minimum atomic E-state index is -3.60. The highest BCUT2D eigenvalue weighted by molar-refractivity contribution is 5.45. The summed E-state index contributed by atoms with van der Waals surface area (Å²) in [7, 11) is 0. The molecule has 17 heavy (non-hydrogen) atoms. The fraction of sp³-hybridized carbons (Fsp3) is 0.455. The van der Waals surface area contributed by atoms with Crippen LogP contribution in [0, 0.1) is 0 Å². The van der Waals surface area contributed by atoms with Gasteiger partial charge in [0.25, 0.3) is 0 Å². The van der Waals surface area contributed by atoms with Gasteiger partial charge in [-0.05, 0) is 30.5 Å². The first-order valence-corrected chi connectivity index (χ1v) is 5.28. The van der Waals surface area contributed by atoms with Crippen molar-refractivity contribution in [3.05, 3.63) is 23.8 Å². The van der Waals surface area contributed by atoms with Crippen molar-refractivity contribution in [3.8, 4) is 11.5 Å². The summed E-state index contributed by atoms with van der Waals surface area (Å²) in [4.78, 5) is 0. The predicted octanol–water partition coefficient (Wildman–Crippen LogP) is 1.78. The van der Waals surface area contributed by atoms with Crippen LogP contribution < -0.4 is 15.2 Å². The van der Waals surface area contributed by atoms with Crippen LogP contribution in [-0.4, -0.2) is 18.0 Å². The minimum Gasteiger partial charge on any atom is -0.396 e. The van der Waals surface area contributed by atoms with Gasteiger partial charge in [-0.2, -0.15) is 0 Å². The highest BCUT2D eigenvalue weighted by atomic mass is 19.3. The van der Waals surface area contributed by atoms with Gasteiger partial charge in [0.2, 0.25) is 0 Å². The summed E-state index contributed by atoms with van der Waals surface area (Å²) in [6, 6.07) is 4.15. The van der Waals surface area contributed by atoms with E-state index in [1.54, 1.807) is 6.07 Å². The maximum atomic E-state index is 12.8. The highest BCUT2D eigenvalue weighted by Crippen LogP contribution is 2.42. The average molecular weight is 245 g/mol. The summed E-state index contributed by atoms with van der Waals surface area (Å²) in [5.74, 6) is 0.0000525. The lowest BCUT2D eigenvalue weighted by atomic mass is 10.0. The van der Waals surface area contributed by atoms with Crippen LogP contribution in [0.3, 0.4) is 0 Å². The van der Waals surface area contributed by atoms with Gasteiger partial charge in [0, 0.05) is 12.6 Å². The zero-order valence-electron chi connectivity index (χ0n) is 9.03.